The maximum Gasteiger partial charge on any atom is 0.249 e. The third-order valence-electron chi connectivity index (χ3n) is 8.97. The molecule has 0 saturated heterocycles. The number of oxazole rings is 2. The van der Waals surface area contributed by atoms with Crippen molar-refractivity contribution in [1.29, 1.82) is 0 Å². The quantitative estimate of drug-likeness (QED) is 0.164. The van der Waals surface area contributed by atoms with Crippen molar-refractivity contribution in [3.63, 3.8) is 0 Å². The molecule has 5 heterocycles. The molecule has 5 N–H and O–H groups in total. The van der Waals surface area contributed by atoms with Crippen LogP contribution in [-0.4, -0.2) is 45.3 Å². The molecule has 0 fully saturated rings. The summed E-state index contributed by atoms with van der Waals surface area (Å²) in [6.07, 6.45) is -0.141. The van der Waals surface area contributed by atoms with Crippen molar-refractivity contribution in [2.75, 3.05) is 5.32 Å². The molecule has 12 nitrogen and oxygen atoms in total. The van der Waals surface area contributed by atoms with E-state index in [9.17, 15) is 14.7 Å². The Kier molecular flexibility index (Phi) is 7.57. The second kappa shape index (κ2) is 11.5. The van der Waals surface area contributed by atoms with Crippen LogP contribution in [0.2, 0.25) is 0 Å². The third-order valence-corrected chi connectivity index (χ3v) is 9.12. The maximum absolute atomic E-state index is 13.9. The second-order valence-corrected chi connectivity index (χ2v) is 13.0. The molecule has 4 bridgehead atoms. The van der Waals surface area contributed by atoms with E-state index < -0.39 is 41.6 Å². The van der Waals surface area contributed by atoms with E-state index in [2.05, 4.69) is 38.5 Å². The molecule has 13 heteroatoms. The standard InChI is InChI=1S/C33H36N6O6S/c1-15(2)24-31-39-25(30-35-18(13-34-46)14-43-30)27(45-31)33-19-7-5-6-8-21(19)37-32(33)44-23-10-9-17(11-20(23)33)12-22(28(41)38-24)36-29(42)26(40)16(3)4/h5-11,14-16,22,24,26,32,34,37,40,46H,12-13H2,1-4H3,(H,36,42)(H,38,41)/t22-,24?,26-,32?,33?/m0/s1. The molecule has 3 aliphatic rings. The molecule has 0 aliphatic carbocycles. The largest absolute Gasteiger partial charge is 0.469 e. The van der Waals surface area contributed by atoms with Gasteiger partial charge >= 0.3 is 0 Å². The number of aliphatic hydroxyl groups excluding tert-OH is 1. The van der Waals surface area contributed by atoms with Gasteiger partial charge in [-0.15, -0.1) is 0 Å². The minimum Gasteiger partial charge on any atom is -0.469 e. The summed E-state index contributed by atoms with van der Waals surface area (Å²) in [7, 11) is 0. The summed E-state index contributed by atoms with van der Waals surface area (Å²) in [5.74, 6) is 0.0911. The molecular weight excluding hydrogens is 608 g/mol. The van der Waals surface area contributed by atoms with Gasteiger partial charge in [-0.1, -0.05) is 70.8 Å². The molecule has 3 unspecified atom stereocenters. The Morgan fingerprint density at radius 1 is 1.13 bits per heavy atom. The molecule has 2 aromatic carbocycles. The highest BCUT2D eigenvalue weighted by molar-refractivity contribution is 7.78. The number of ether oxygens (including phenoxy) is 1. The van der Waals surface area contributed by atoms with Crippen LogP contribution in [-0.2, 0) is 28.0 Å². The van der Waals surface area contributed by atoms with Crippen LogP contribution >= 0.6 is 12.8 Å². The van der Waals surface area contributed by atoms with Crippen LogP contribution in [0.25, 0.3) is 11.6 Å². The van der Waals surface area contributed by atoms with Crippen LogP contribution in [0.4, 0.5) is 5.69 Å². The predicted molar refractivity (Wildman–Crippen MR) is 171 cm³/mol. The number of nitrogens with zero attached hydrogens (tertiary/aromatic N) is 2. The molecule has 0 saturated carbocycles. The van der Waals surface area contributed by atoms with Gasteiger partial charge in [0.15, 0.2) is 17.7 Å². The van der Waals surface area contributed by atoms with Crippen molar-refractivity contribution in [2.24, 2.45) is 11.8 Å². The highest BCUT2D eigenvalue weighted by atomic mass is 32.1. The second-order valence-electron chi connectivity index (χ2n) is 12.7. The SMILES string of the molecule is CC(C)C1NC(=O)[C@@H](NC(=O)[C@@H](O)C(C)C)Cc2ccc3c(c2)C2(c4ccccc4NC2O3)c2oc1nc2-c1nc(CNS)co1. The molecule has 7 rings (SSSR count). The van der Waals surface area contributed by atoms with Gasteiger partial charge in [-0.3, -0.25) is 14.3 Å². The van der Waals surface area contributed by atoms with E-state index in [1.807, 2.05) is 56.3 Å². The lowest BCUT2D eigenvalue weighted by atomic mass is 9.72. The number of hydrogen-bond donors (Lipinski definition) is 6. The van der Waals surface area contributed by atoms with Crippen molar-refractivity contribution in [1.82, 2.24) is 25.3 Å². The van der Waals surface area contributed by atoms with Gasteiger partial charge in [0.2, 0.25) is 23.6 Å². The Hall–Kier alpha value is -4.33. The molecule has 2 aromatic heterocycles. The first kappa shape index (κ1) is 30.3. The van der Waals surface area contributed by atoms with E-state index in [1.54, 1.807) is 20.1 Å². The van der Waals surface area contributed by atoms with E-state index >= 15 is 0 Å². The van der Waals surface area contributed by atoms with Gasteiger partial charge in [0.25, 0.3) is 0 Å². The van der Waals surface area contributed by atoms with Crippen LogP contribution in [0.15, 0.2) is 57.6 Å². The first-order valence-electron chi connectivity index (χ1n) is 15.4. The lowest BCUT2D eigenvalue weighted by molar-refractivity contribution is -0.135. The van der Waals surface area contributed by atoms with Crippen molar-refractivity contribution in [3.05, 3.63) is 82.8 Å². The van der Waals surface area contributed by atoms with Gasteiger partial charge < -0.3 is 34.6 Å². The summed E-state index contributed by atoms with van der Waals surface area (Å²) < 4.78 is 22.2. The van der Waals surface area contributed by atoms with Gasteiger partial charge in [0, 0.05) is 17.7 Å². The number of rotatable bonds is 7. The molecule has 4 aromatic rings. The number of para-hydroxylation sites is 1. The number of thiol groups is 1. The number of fused-ring (bicyclic) bond motifs is 4. The minimum atomic E-state index is -1.27. The zero-order valence-electron chi connectivity index (χ0n) is 25.8. The summed E-state index contributed by atoms with van der Waals surface area (Å²) in [6.45, 7) is 7.75. The van der Waals surface area contributed by atoms with Crippen LogP contribution in [0.3, 0.4) is 0 Å². The van der Waals surface area contributed by atoms with Gasteiger partial charge in [0.05, 0.1) is 12.2 Å². The van der Waals surface area contributed by atoms with Gasteiger partial charge in [-0.2, -0.15) is 0 Å². The fourth-order valence-electron chi connectivity index (χ4n) is 6.59. The third kappa shape index (κ3) is 4.76. The molecule has 240 valence electrons. The topological polar surface area (TPSA) is 164 Å². The first-order chi connectivity index (χ1) is 22.1. The number of anilines is 1. The van der Waals surface area contributed by atoms with Crippen molar-refractivity contribution in [2.45, 2.75) is 70.5 Å². The number of benzene rings is 2. The molecule has 1 spiro atoms. The zero-order valence-corrected chi connectivity index (χ0v) is 26.7. The van der Waals surface area contributed by atoms with E-state index in [0.717, 1.165) is 22.4 Å². The van der Waals surface area contributed by atoms with Gasteiger partial charge in [-0.05, 0) is 35.1 Å². The number of nitrogens with one attached hydrogen (secondary N) is 4. The first-order valence-corrected chi connectivity index (χ1v) is 15.8. The zero-order chi connectivity index (χ0) is 32.3. The van der Waals surface area contributed by atoms with Gasteiger partial charge in [0.1, 0.15) is 35.6 Å². The van der Waals surface area contributed by atoms with Crippen LogP contribution in [0.5, 0.6) is 5.75 Å². The number of carbonyl (C=O) groups is 2. The Labute approximate surface area is 271 Å². The highest BCUT2D eigenvalue weighted by Gasteiger charge is 2.61. The van der Waals surface area contributed by atoms with Crippen molar-refractivity contribution >= 4 is 30.3 Å². The summed E-state index contributed by atoms with van der Waals surface area (Å²) in [4.78, 5) is 36.7. The van der Waals surface area contributed by atoms with E-state index in [0.29, 0.717) is 29.4 Å². The molecule has 5 atom stereocenters. The summed E-state index contributed by atoms with van der Waals surface area (Å²) in [6, 6.07) is 12.0. The molecule has 0 radical (unpaired) electrons. The van der Waals surface area contributed by atoms with E-state index in [1.165, 1.54) is 0 Å². The Morgan fingerprint density at radius 3 is 2.70 bits per heavy atom. The molecule has 3 aliphatic heterocycles. The predicted octanol–water partition coefficient (Wildman–Crippen LogP) is 3.61. The summed E-state index contributed by atoms with van der Waals surface area (Å²) in [5, 5.41) is 19.9. The molecule has 46 heavy (non-hydrogen) atoms. The van der Waals surface area contributed by atoms with Crippen molar-refractivity contribution in [3.8, 4) is 17.3 Å². The number of aliphatic hydroxyl groups is 1. The minimum absolute atomic E-state index is 0.159. The normalized spacial score (nSPS) is 23.5. The lowest BCUT2D eigenvalue weighted by Gasteiger charge is -2.29. The molecule has 2 amide bonds. The fourth-order valence-corrected chi connectivity index (χ4v) is 6.75. The smallest absolute Gasteiger partial charge is 0.249 e. The average Bonchev–Trinajstić information content (AvgIpc) is 3.79. The highest BCUT2D eigenvalue weighted by Crippen LogP contribution is 2.59. The van der Waals surface area contributed by atoms with Gasteiger partial charge in [-0.25, -0.2) is 9.97 Å². The summed E-state index contributed by atoms with van der Waals surface area (Å²) in [5.41, 5.74) is 3.41. The number of hydrogen-bond acceptors (Lipinski definition) is 11. The number of aromatic nitrogens is 2. The van der Waals surface area contributed by atoms with Crippen LogP contribution in [0, 0.1) is 11.8 Å². The Morgan fingerprint density at radius 2 is 1.93 bits per heavy atom. The van der Waals surface area contributed by atoms with Crippen LogP contribution in [0.1, 0.15) is 67.8 Å². The Balaban J connectivity index is 1.47. The number of amides is 2. The number of carbonyl (C=O) groups excluding carboxylic acids is 2. The fraction of sp³-hybridized carbons (Fsp3) is 0.394. The van der Waals surface area contributed by atoms with E-state index in [-0.39, 0.29) is 30.0 Å². The van der Waals surface area contributed by atoms with Crippen LogP contribution < -0.4 is 25.4 Å². The summed E-state index contributed by atoms with van der Waals surface area (Å²) >= 11 is 4.11. The maximum atomic E-state index is 13.9. The van der Waals surface area contributed by atoms with Crippen molar-refractivity contribution < 1.29 is 28.3 Å². The lowest BCUT2D eigenvalue weighted by Crippen LogP contribution is -2.52. The Bertz CT molecular complexity index is 1820. The average molecular weight is 645 g/mol. The molecular formula is C33H36N6O6S. The monoisotopic (exact) mass is 644 g/mol. The van der Waals surface area contributed by atoms with E-state index in [4.69, 9.17) is 18.6 Å².